The number of nitrogens with zero attached hydrogens (tertiary/aromatic N) is 3. The van der Waals surface area contributed by atoms with Crippen molar-refractivity contribution in [2.45, 2.75) is 32.7 Å². The van der Waals surface area contributed by atoms with Gasteiger partial charge in [0.2, 0.25) is 5.91 Å². The largest absolute Gasteiger partial charge is 0.370 e. The van der Waals surface area contributed by atoms with E-state index >= 15 is 0 Å². The molecule has 0 spiro atoms. The highest BCUT2D eigenvalue weighted by Gasteiger charge is 2.13. The molecule has 3 N–H and O–H groups in total. The Labute approximate surface area is 175 Å². The van der Waals surface area contributed by atoms with E-state index in [1.807, 2.05) is 60.3 Å². The Kier molecular flexibility index (Phi) is 5.48. The molecule has 0 saturated heterocycles. The van der Waals surface area contributed by atoms with Crippen molar-refractivity contribution in [1.29, 1.82) is 0 Å². The van der Waals surface area contributed by atoms with Gasteiger partial charge in [-0.05, 0) is 43.5 Å². The molecule has 0 aliphatic heterocycles. The van der Waals surface area contributed by atoms with Gasteiger partial charge in [-0.3, -0.25) is 4.79 Å². The highest BCUT2D eigenvalue weighted by atomic mass is 16.1. The molecule has 0 unspecified atom stereocenters. The lowest BCUT2D eigenvalue weighted by Crippen LogP contribution is -2.11. The molecule has 152 valence electrons. The molecule has 2 aromatic heterocycles. The number of rotatable bonds is 7. The Morgan fingerprint density at radius 1 is 1.13 bits per heavy atom. The molecular formula is C24H25N5O. The van der Waals surface area contributed by atoms with Crippen LogP contribution in [0.15, 0.2) is 66.9 Å². The summed E-state index contributed by atoms with van der Waals surface area (Å²) in [4.78, 5) is 15.7. The lowest BCUT2D eigenvalue weighted by atomic mass is 10.1. The lowest BCUT2D eigenvalue weighted by molar-refractivity contribution is -0.117. The minimum atomic E-state index is -0.296. The van der Waals surface area contributed by atoms with Crippen molar-refractivity contribution in [3.05, 3.63) is 83.7 Å². The molecule has 30 heavy (non-hydrogen) atoms. The highest BCUT2D eigenvalue weighted by Crippen LogP contribution is 2.26. The van der Waals surface area contributed by atoms with Gasteiger partial charge >= 0.3 is 0 Å². The van der Waals surface area contributed by atoms with Gasteiger partial charge in [0, 0.05) is 30.1 Å². The Balaban J connectivity index is 1.67. The van der Waals surface area contributed by atoms with Gasteiger partial charge in [0.05, 0.1) is 16.9 Å². The number of amides is 1. The average molecular weight is 399 g/mol. The summed E-state index contributed by atoms with van der Waals surface area (Å²) in [5, 5.41) is 9.22. The maximum atomic E-state index is 11.1. The molecule has 0 saturated carbocycles. The quantitative estimate of drug-likeness (QED) is 0.485. The van der Waals surface area contributed by atoms with Crippen LogP contribution in [0.2, 0.25) is 0 Å². The van der Waals surface area contributed by atoms with Gasteiger partial charge in [-0.1, -0.05) is 42.5 Å². The molecule has 2 heterocycles. The van der Waals surface area contributed by atoms with Crippen molar-refractivity contribution >= 4 is 22.6 Å². The zero-order chi connectivity index (χ0) is 21.1. The van der Waals surface area contributed by atoms with Crippen LogP contribution in [0.4, 0.5) is 5.82 Å². The summed E-state index contributed by atoms with van der Waals surface area (Å²) in [6, 6.07) is 20.5. The first-order valence-corrected chi connectivity index (χ1v) is 10.1. The SMILES string of the molecule is Cc1nn(-c2cccc(CCC(N)=O)c2)c2cc(N[C@@H](C)c3ccccc3)ncc12. The minimum Gasteiger partial charge on any atom is -0.370 e. The van der Waals surface area contributed by atoms with Crippen molar-refractivity contribution in [2.24, 2.45) is 5.73 Å². The van der Waals surface area contributed by atoms with Gasteiger partial charge in [-0.25, -0.2) is 9.67 Å². The second-order valence-corrected chi connectivity index (χ2v) is 7.50. The van der Waals surface area contributed by atoms with E-state index in [2.05, 4.69) is 35.4 Å². The van der Waals surface area contributed by atoms with Gasteiger partial charge in [0.1, 0.15) is 5.82 Å². The molecule has 4 aromatic rings. The summed E-state index contributed by atoms with van der Waals surface area (Å²) >= 11 is 0. The first kappa shape index (κ1) is 19.6. The molecule has 0 bridgehead atoms. The molecular weight excluding hydrogens is 374 g/mol. The number of carbonyl (C=O) groups excluding carboxylic acids is 1. The molecule has 6 heteroatoms. The van der Waals surface area contributed by atoms with E-state index in [-0.39, 0.29) is 11.9 Å². The summed E-state index contributed by atoms with van der Waals surface area (Å²) in [6.45, 7) is 4.10. The number of benzene rings is 2. The van der Waals surface area contributed by atoms with Crippen LogP contribution >= 0.6 is 0 Å². The molecule has 6 nitrogen and oxygen atoms in total. The maximum absolute atomic E-state index is 11.1. The Morgan fingerprint density at radius 2 is 1.93 bits per heavy atom. The molecule has 0 radical (unpaired) electrons. The second kappa shape index (κ2) is 8.37. The predicted molar refractivity (Wildman–Crippen MR) is 120 cm³/mol. The third-order valence-electron chi connectivity index (χ3n) is 5.23. The molecule has 0 fully saturated rings. The van der Waals surface area contributed by atoms with Crippen molar-refractivity contribution in [3.63, 3.8) is 0 Å². The van der Waals surface area contributed by atoms with E-state index in [4.69, 9.17) is 10.8 Å². The van der Waals surface area contributed by atoms with Crippen LogP contribution in [0.1, 0.15) is 36.2 Å². The van der Waals surface area contributed by atoms with Gasteiger partial charge in [-0.15, -0.1) is 0 Å². The van der Waals surface area contributed by atoms with Crippen LogP contribution in [-0.2, 0) is 11.2 Å². The third kappa shape index (κ3) is 4.17. The molecule has 2 aromatic carbocycles. The number of carbonyl (C=O) groups is 1. The molecule has 1 atom stereocenters. The molecule has 1 amide bonds. The fourth-order valence-corrected chi connectivity index (χ4v) is 3.59. The van der Waals surface area contributed by atoms with E-state index in [0.29, 0.717) is 12.8 Å². The number of hydrogen-bond donors (Lipinski definition) is 2. The van der Waals surface area contributed by atoms with Crippen molar-refractivity contribution in [1.82, 2.24) is 14.8 Å². The van der Waals surface area contributed by atoms with E-state index in [1.165, 1.54) is 5.56 Å². The van der Waals surface area contributed by atoms with Crippen LogP contribution in [-0.4, -0.2) is 20.7 Å². The number of anilines is 1. The number of hydrogen-bond acceptors (Lipinski definition) is 4. The van der Waals surface area contributed by atoms with E-state index in [0.717, 1.165) is 33.7 Å². The van der Waals surface area contributed by atoms with E-state index in [9.17, 15) is 4.79 Å². The first-order chi connectivity index (χ1) is 14.5. The first-order valence-electron chi connectivity index (χ1n) is 10.1. The lowest BCUT2D eigenvalue weighted by Gasteiger charge is -2.15. The van der Waals surface area contributed by atoms with Crippen LogP contribution in [0.3, 0.4) is 0 Å². The van der Waals surface area contributed by atoms with Gasteiger partial charge in [0.15, 0.2) is 0 Å². The fourth-order valence-electron chi connectivity index (χ4n) is 3.59. The van der Waals surface area contributed by atoms with Crippen molar-refractivity contribution in [3.8, 4) is 5.69 Å². The predicted octanol–water partition coefficient (Wildman–Crippen LogP) is 4.32. The second-order valence-electron chi connectivity index (χ2n) is 7.50. The smallest absolute Gasteiger partial charge is 0.217 e. The number of aryl methyl sites for hydroxylation is 2. The molecule has 0 aliphatic carbocycles. The minimum absolute atomic E-state index is 0.130. The monoisotopic (exact) mass is 399 g/mol. The zero-order valence-corrected chi connectivity index (χ0v) is 17.2. The van der Waals surface area contributed by atoms with Gasteiger partial charge in [0.25, 0.3) is 0 Å². The Hall–Kier alpha value is -3.67. The van der Waals surface area contributed by atoms with Crippen LogP contribution in [0.5, 0.6) is 0 Å². The third-order valence-corrected chi connectivity index (χ3v) is 5.23. The number of nitrogens with one attached hydrogen (secondary N) is 1. The average Bonchev–Trinajstić information content (AvgIpc) is 3.09. The molecule has 0 aliphatic rings. The summed E-state index contributed by atoms with van der Waals surface area (Å²) in [7, 11) is 0. The van der Waals surface area contributed by atoms with Crippen LogP contribution < -0.4 is 11.1 Å². The number of aromatic nitrogens is 3. The number of nitrogens with two attached hydrogens (primary N) is 1. The van der Waals surface area contributed by atoms with Crippen molar-refractivity contribution in [2.75, 3.05) is 5.32 Å². The summed E-state index contributed by atoms with van der Waals surface area (Å²) in [5.41, 5.74) is 10.4. The summed E-state index contributed by atoms with van der Waals surface area (Å²) in [6.07, 6.45) is 2.81. The summed E-state index contributed by atoms with van der Waals surface area (Å²) in [5.74, 6) is 0.500. The highest BCUT2D eigenvalue weighted by molar-refractivity contribution is 5.84. The zero-order valence-electron chi connectivity index (χ0n) is 17.2. The topological polar surface area (TPSA) is 85.8 Å². The van der Waals surface area contributed by atoms with E-state index in [1.54, 1.807) is 0 Å². The fraction of sp³-hybridized carbons (Fsp3) is 0.208. The maximum Gasteiger partial charge on any atom is 0.217 e. The van der Waals surface area contributed by atoms with Gasteiger partial charge < -0.3 is 11.1 Å². The number of fused-ring (bicyclic) bond motifs is 1. The van der Waals surface area contributed by atoms with Crippen molar-refractivity contribution < 1.29 is 4.79 Å². The normalized spacial score (nSPS) is 12.1. The number of primary amides is 1. The van der Waals surface area contributed by atoms with Gasteiger partial charge in [-0.2, -0.15) is 5.10 Å². The van der Waals surface area contributed by atoms with Crippen LogP contribution in [0, 0.1) is 6.92 Å². The van der Waals surface area contributed by atoms with E-state index < -0.39 is 0 Å². The van der Waals surface area contributed by atoms with Crippen LogP contribution in [0.25, 0.3) is 16.6 Å². The molecule has 4 rings (SSSR count). The Morgan fingerprint density at radius 3 is 2.70 bits per heavy atom. The number of pyridine rings is 1. The summed E-state index contributed by atoms with van der Waals surface area (Å²) < 4.78 is 1.93. The standard InChI is InChI=1S/C24H25N5O/c1-16(19-8-4-3-5-9-19)27-24-14-22-21(15-26-24)17(2)28-29(22)20-10-6-7-18(13-20)11-12-23(25)30/h3-10,13-16H,11-12H2,1-2H3,(H2,25,30)(H,26,27)/t16-/m0/s1. The Bertz CT molecular complexity index is 1180.